The van der Waals surface area contributed by atoms with E-state index in [1.54, 1.807) is 7.05 Å². The van der Waals surface area contributed by atoms with Gasteiger partial charge in [0.1, 0.15) is 0 Å². The van der Waals surface area contributed by atoms with E-state index in [1.165, 1.54) is 0 Å². The zero-order valence-electron chi connectivity index (χ0n) is 6.39. The molecule has 1 amide bonds. The Balaban J connectivity index is 3.62. The van der Waals surface area contributed by atoms with Gasteiger partial charge in [-0.1, -0.05) is 0 Å². The van der Waals surface area contributed by atoms with E-state index in [4.69, 9.17) is 0 Å². The van der Waals surface area contributed by atoms with Crippen molar-refractivity contribution >= 4 is 38.0 Å². The molecule has 11 heavy (non-hydrogen) atoms. The number of hydrogen-bond acceptors (Lipinski definition) is 3. The molecule has 0 aromatic heterocycles. The molecule has 0 aliphatic carbocycles. The molecule has 0 aromatic carbocycles. The first-order valence-electron chi connectivity index (χ1n) is 3.28. The maximum absolute atomic E-state index is 10.9. The molecule has 0 saturated heterocycles. The molecule has 0 aromatic rings. The van der Waals surface area contributed by atoms with Crippen LogP contribution in [0.25, 0.3) is 0 Å². The van der Waals surface area contributed by atoms with Crippen molar-refractivity contribution in [2.75, 3.05) is 13.6 Å². The number of hydrogen-bond donors (Lipinski definition) is 2. The Hall–Kier alpha value is 0.0221. The second-order valence-electron chi connectivity index (χ2n) is 2.04. The normalized spacial score (nSPS) is 12.2. The Bertz CT molecular complexity index is 141. The summed E-state index contributed by atoms with van der Waals surface area (Å²) in [5.74, 6) is -0.125. The Labute approximate surface area is 81.8 Å². The standard InChI is InChI=1S/C6H11N2O2.Pb/c1-5(4-9)8-6(10)3-7-2;/h4-5,7H,1,3H2,2H3,(H,8,10);. The van der Waals surface area contributed by atoms with E-state index < -0.39 is 0 Å². The molecule has 0 aliphatic heterocycles. The van der Waals surface area contributed by atoms with Crippen LogP contribution in [0.15, 0.2) is 0 Å². The van der Waals surface area contributed by atoms with Gasteiger partial charge in [0.05, 0.1) is 0 Å². The van der Waals surface area contributed by atoms with Gasteiger partial charge >= 0.3 is 81.8 Å². The molecule has 5 heteroatoms. The molecule has 1 unspecified atom stereocenters. The quantitative estimate of drug-likeness (QED) is 0.468. The Morgan fingerprint density at radius 3 is 2.73 bits per heavy atom. The van der Waals surface area contributed by atoms with Gasteiger partial charge in [-0.05, 0) is 0 Å². The van der Waals surface area contributed by atoms with Crippen LogP contribution in [-0.2, 0) is 9.59 Å². The predicted octanol–water partition coefficient (Wildman–Crippen LogP) is -1.52. The van der Waals surface area contributed by atoms with Gasteiger partial charge in [0.25, 0.3) is 0 Å². The van der Waals surface area contributed by atoms with Gasteiger partial charge in [0, 0.05) is 0 Å². The third-order valence-electron chi connectivity index (χ3n) is 1.07. The minimum atomic E-state index is -0.275. The molecule has 0 bridgehead atoms. The van der Waals surface area contributed by atoms with Crippen LogP contribution < -0.4 is 10.6 Å². The molecule has 61 valence electrons. The van der Waals surface area contributed by atoms with Crippen LogP contribution in [0, 0.1) is 0 Å². The summed E-state index contributed by atoms with van der Waals surface area (Å²) in [6.07, 6.45) is 0.778. The van der Waals surface area contributed by atoms with Crippen LogP contribution in [0.2, 0.25) is 3.98 Å². The van der Waals surface area contributed by atoms with Gasteiger partial charge in [0.2, 0.25) is 0 Å². The van der Waals surface area contributed by atoms with E-state index in [0.717, 1.165) is 36.0 Å². The fraction of sp³-hybridized carbons (Fsp3) is 0.667. The number of rotatable bonds is 5. The van der Waals surface area contributed by atoms with Crippen molar-refractivity contribution in [3.05, 3.63) is 0 Å². The number of carbonyl (C=O) groups is 2. The average Bonchev–Trinajstić information content (AvgIpc) is 2.01. The first-order valence-corrected chi connectivity index (χ1v) is 6.03. The zero-order chi connectivity index (χ0) is 8.69. The fourth-order valence-corrected chi connectivity index (χ4v) is 1.32. The van der Waals surface area contributed by atoms with Crippen LogP contribution >= 0.6 is 0 Å². The first kappa shape index (κ1) is 11.0. The summed E-state index contributed by atoms with van der Waals surface area (Å²) < 4.78 is 0.777. The van der Waals surface area contributed by atoms with Crippen molar-refractivity contribution in [3.8, 4) is 0 Å². The Kier molecular flexibility index (Phi) is 6.73. The van der Waals surface area contributed by atoms with E-state index >= 15 is 0 Å². The van der Waals surface area contributed by atoms with Crippen LogP contribution in [-0.4, -0.2) is 57.6 Å². The molecule has 0 saturated carbocycles. The van der Waals surface area contributed by atoms with Crippen molar-refractivity contribution in [1.29, 1.82) is 0 Å². The summed E-state index contributed by atoms with van der Waals surface area (Å²) in [6, 6.07) is -0.275. The van der Waals surface area contributed by atoms with Gasteiger partial charge < -0.3 is 0 Å². The zero-order valence-corrected chi connectivity index (χ0v) is 10.3. The van der Waals surface area contributed by atoms with Gasteiger partial charge in [-0.15, -0.1) is 0 Å². The van der Waals surface area contributed by atoms with Crippen molar-refractivity contribution in [1.82, 2.24) is 10.6 Å². The summed E-state index contributed by atoms with van der Waals surface area (Å²) in [7, 11) is 1.69. The van der Waals surface area contributed by atoms with Crippen LogP contribution in [0.5, 0.6) is 0 Å². The van der Waals surface area contributed by atoms with Crippen molar-refractivity contribution in [2.45, 2.75) is 10.0 Å². The van der Waals surface area contributed by atoms with Crippen molar-refractivity contribution < 1.29 is 9.59 Å². The molecule has 0 fully saturated rings. The second-order valence-corrected chi connectivity index (χ2v) is 3.63. The van der Waals surface area contributed by atoms with Crippen molar-refractivity contribution in [3.63, 3.8) is 0 Å². The number of nitrogens with one attached hydrogen (secondary N) is 2. The van der Waals surface area contributed by atoms with E-state index in [2.05, 4.69) is 10.6 Å². The second kappa shape index (κ2) is 6.71. The molecule has 1 atom stereocenters. The number of carbonyl (C=O) groups excluding carboxylic acids is 2. The predicted molar refractivity (Wildman–Crippen MR) is 42.5 cm³/mol. The third kappa shape index (κ3) is 5.31. The molecular weight excluding hydrogens is 339 g/mol. The molecular formula is C6H11N2O2Pb. The van der Waals surface area contributed by atoms with E-state index in [-0.39, 0.29) is 18.5 Å². The molecule has 0 rings (SSSR count). The molecule has 2 N–H and O–H groups in total. The van der Waals surface area contributed by atoms with Gasteiger partial charge in [-0.25, -0.2) is 0 Å². The third-order valence-corrected chi connectivity index (χ3v) is 2.78. The van der Waals surface area contributed by atoms with E-state index in [0.29, 0.717) is 0 Å². The fourth-order valence-electron chi connectivity index (χ4n) is 0.552. The summed E-state index contributed by atoms with van der Waals surface area (Å²) in [6.45, 7) is 0.270. The Morgan fingerprint density at radius 1 is 1.73 bits per heavy atom. The van der Waals surface area contributed by atoms with Crippen LogP contribution in [0.1, 0.15) is 0 Å². The van der Waals surface area contributed by atoms with E-state index in [9.17, 15) is 9.59 Å². The number of likely N-dealkylation sites (N-methyl/N-ethyl adjacent to an activating group) is 1. The van der Waals surface area contributed by atoms with Crippen LogP contribution in [0.3, 0.4) is 0 Å². The topological polar surface area (TPSA) is 58.2 Å². The summed E-state index contributed by atoms with van der Waals surface area (Å²) in [5.41, 5.74) is 0. The molecule has 4 nitrogen and oxygen atoms in total. The summed E-state index contributed by atoms with van der Waals surface area (Å²) in [5, 5.41) is 5.29. The SMILES string of the molecule is CNCC(=O)NC(C=O)[CH2][Pb]. The van der Waals surface area contributed by atoms with E-state index in [1.807, 2.05) is 0 Å². The van der Waals surface area contributed by atoms with Gasteiger partial charge in [-0.2, -0.15) is 0 Å². The number of amides is 1. The van der Waals surface area contributed by atoms with Crippen LogP contribution in [0.4, 0.5) is 0 Å². The summed E-state index contributed by atoms with van der Waals surface area (Å²) in [4.78, 5) is 21.1. The summed E-state index contributed by atoms with van der Waals surface area (Å²) >= 11 is 0.925. The molecule has 0 heterocycles. The molecule has 3 radical (unpaired) electrons. The van der Waals surface area contributed by atoms with Crippen molar-refractivity contribution in [2.24, 2.45) is 0 Å². The maximum atomic E-state index is 10.9. The average molecular weight is 350 g/mol. The van der Waals surface area contributed by atoms with Gasteiger partial charge in [0.15, 0.2) is 0 Å². The Morgan fingerprint density at radius 2 is 2.36 bits per heavy atom. The molecule has 0 spiro atoms. The molecule has 0 aliphatic rings. The first-order chi connectivity index (χ1) is 5.24. The van der Waals surface area contributed by atoms with Gasteiger partial charge in [-0.3, -0.25) is 0 Å². The monoisotopic (exact) mass is 351 g/mol. The minimum absolute atomic E-state index is 0.125. The number of aldehydes is 1.